The van der Waals surface area contributed by atoms with Crippen molar-refractivity contribution in [3.63, 3.8) is 0 Å². The van der Waals surface area contributed by atoms with Gasteiger partial charge < -0.3 is 21.1 Å². The van der Waals surface area contributed by atoms with Crippen LogP contribution in [0.4, 0.5) is 11.4 Å². The lowest BCUT2D eigenvalue weighted by molar-refractivity contribution is -0.136. The van der Waals surface area contributed by atoms with Gasteiger partial charge in [0.05, 0.1) is 0 Å². The Morgan fingerprint density at radius 3 is 2.42 bits per heavy atom. The van der Waals surface area contributed by atoms with Gasteiger partial charge in [0.1, 0.15) is 6.10 Å². The van der Waals surface area contributed by atoms with Gasteiger partial charge in [0.2, 0.25) is 5.91 Å². The molecule has 24 heavy (non-hydrogen) atoms. The van der Waals surface area contributed by atoms with Crippen molar-refractivity contribution in [1.29, 1.82) is 0 Å². The highest BCUT2D eigenvalue weighted by atomic mass is 32.1. The van der Waals surface area contributed by atoms with Crippen LogP contribution in [-0.2, 0) is 14.4 Å². The predicted molar refractivity (Wildman–Crippen MR) is 91.7 cm³/mol. The van der Waals surface area contributed by atoms with Crippen LogP contribution in [-0.4, -0.2) is 29.4 Å². The highest BCUT2D eigenvalue weighted by Crippen LogP contribution is 2.18. The molecule has 0 radical (unpaired) electrons. The second kappa shape index (κ2) is 8.23. The normalized spacial score (nSPS) is 11.4. The summed E-state index contributed by atoms with van der Waals surface area (Å²) in [5, 5.41) is 19.1. The first kappa shape index (κ1) is 17.6. The Balaban J connectivity index is 1.87. The highest BCUT2D eigenvalue weighted by Gasteiger charge is 2.16. The molecule has 3 amide bonds. The van der Waals surface area contributed by atoms with Gasteiger partial charge in [0.15, 0.2) is 0 Å². The molecule has 0 saturated heterocycles. The zero-order chi connectivity index (χ0) is 17.5. The average molecular weight is 347 g/mol. The van der Waals surface area contributed by atoms with E-state index in [0.29, 0.717) is 16.3 Å². The second-order valence-corrected chi connectivity index (χ2v) is 5.94. The number of hydrogen-bond donors (Lipinski definition) is 4. The van der Waals surface area contributed by atoms with E-state index in [4.69, 9.17) is 0 Å². The number of amides is 3. The summed E-state index contributed by atoms with van der Waals surface area (Å²) < 4.78 is 0. The van der Waals surface area contributed by atoms with Crippen LogP contribution in [0.3, 0.4) is 0 Å². The maximum Gasteiger partial charge on any atom is 0.313 e. The van der Waals surface area contributed by atoms with Crippen LogP contribution in [0.5, 0.6) is 0 Å². The molecule has 0 fully saturated rings. The number of carbonyl (C=O) groups is 3. The molecule has 2 aromatic rings. The van der Waals surface area contributed by atoms with E-state index in [1.54, 1.807) is 30.3 Å². The summed E-state index contributed by atoms with van der Waals surface area (Å²) in [5.41, 5.74) is 0.883. The van der Waals surface area contributed by atoms with Gasteiger partial charge in [-0.3, -0.25) is 14.4 Å². The van der Waals surface area contributed by atoms with E-state index in [1.807, 2.05) is 5.38 Å². The molecule has 1 aromatic carbocycles. The number of benzene rings is 1. The molecule has 0 saturated carbocycles. The summed E-state index contributed by atoms with van der Waals surface area (Å²) in [7, 11) is 0. The molecule has 4 N–H and O–H groups in total. The Morgan fingerprint density at radius 1 is 1.08 bits per heavy atom. The molecule has 0 aliphatic heterocycles. The molecular formula is C16H17N3O4S. The lowest BCUT2D eigenvalue weighted by Crippen LogP contribution is -2.37. The van der Waals surface area contributed by atoms with E-state index >= 15 is 0 Å². The van der Waals surface area contributed by atoms with Gasteiger partial charge in [-0.1, -0.05) is 12.1 Å². The van der Waals surface area contributed by atoms with Crippen LogP contribution in [0.15, 0.2) is 41.8 Å². The smallest absolute Gasteiger partial charge is 0.313 e. The van der Waals surface area contributed by atoms with Crippen molar-refractivity contribution >= 4 is 40.4 Å². The molecule has 2 rings (SSSR count). The maximum absolute atomic E-state index is 11.9. The largest absolute Gasteiger partial charge is 0.386 e. The monoisotopic (exact) mass is 347 g/mol. The first-order chi connectivity index (χ1) is 11.5. The minimum absolute atomic E-state index is 0.0568. The lowest BCUT2D eigenvalue weighted by Gasteiger charge is -2.11. The first-order valence-corrected chi connectivity index (χ1v) is 8.02. The molecule has 7 nitrogen and oxygen atoms in total. The Bertz CT molecular complexity index is 731. The van der Waals surface area contributed by atoms with Crippen LogP contribution in [0.1, 0.15) is 17.9 Å². The lowest BCUT2D eigenvalue weighted by atomic mass is 10.2. The van der Waals surface area contributed by atoms with Gasteiger partial charge in [-0.05, 0) is 29.6 Å². The van der Waals surface area contributed by atoms with Gasteiger partial charge in [-0.2, -0.15) is 0 Å². The number of carbonyl (C=O) groups excluding carboxylic acids is 3. The summed E-state index contributed by atoms with van der Waals surface area (Å²) in [4.78, 5) is 35.4. The van der Waals surface area contributed by atoms with Crippen molar-refractivity contribution in [2.24, 2.45) is 0 Å². The van der Waals surface area contributed by atoms with Crippen LogP contribution < -0.4 is 16.0 Å². The standard InChI is InChI=1S/C16H17N3O4S/c1-10(20)18-11-4-2-5-12(8-11)19-16(23)15(22)17-9-13(21)14-6-3-7-24-14/h2-8,13,21H,9H2,1H3,(H,17,22)(H,18,20)(H,19,23). The molecule has 0 bridgehead atoms. The zero-order valence-corrected chi connectivity index (χ0v) is 13.7. The third-order valence-electron chi connectivity index (χ3n) is 2.97. The Morgan fingerprint density at radius 2 is 1.79 bits per heavy atom. The molecule has 126 valence electrons. The minimum atomic E-state index is -0.857. The highest BCUT2D eigenvalue weighted by molar-refractivity contribution is 7.10. The molecular weight excluding hydrogens is 330 g/mol. The number of aliphatic hydroxyl groups excluding tert-OH is 1. The number of hydrogen-bond acceptors (Lipinski definition) is 5. The molecule has 8 heteroatoms. The molecule has 1 unspecified atom stereocenters. The Kier molecular flexibility index (Phi) is 6.05. The van der Waals surface area contributed by atoms with E-state index in [-0.39, 0.29) is 12.5 Å². The van der Waals surface area contributed by atoms with Gasteiger partial charge in [0, 0.05) is 29.7 Å². The quantitative estimate of drug-likeness (QED) is 0.615. The van der Waals surface area contributed by atoms with E-state index in [2.05, 4.69) is 16.0 Å². The molecule has 1 heterocycles. The van der Waals surface area contributed by atoms with Gasteiger partial charge in [-0.25, -0.2) is 0 Å². The molecule has 0 aliphatic carbocycles. The molecule has 1 aromatic heterocycles. The fraction of sp³-hybridized carbons (Fsp3) is 0.188. The maximum atomic E-state index is 11.9. The van der Waals surface area contributed by atoms with Crippen molar-refractivity contribution < 1.29 is 19.5 Å². The Labute approximate surface area is 142 Å². The summed E-state index contributed by atoms with van der Waals surface area (Å²) >= 11 is 1.36. The van der Waals surface area contributed by atoms with Gasteiger partial charge in [-0.15, -0.1) is 11.3 Å². The van der Waals surface area contributed by atoms with Crippen molar-refractivity contribution in [3.05, 3.63) is 46.7 Å². The average Bonchev–Trinajstić information content (AvgIpc) is 3.06. The summed E-state index contributed by atoms with van der Waals surface area (Å²) in [6.07, 6.45) is -0.857. The van der Waals surface area contributed by atoms with E-state index < -0.39 is 17.9 Å². The van der Waals surface area contributed by atoms with Crippen molar-refractivity contribution in [1.82, 2.24) is 5.32 Å². The van der Waals surface area contributed by atoms with E-state index in [0.717, 1.165) is 0 Å². The summed E-state index contributed by atoms with van der Waals surface area (Å²) in [6, 6.07) is 9.97. The van der Waals surface area contributed by atoms with Gasteiger partial charge >= 0.3 is 11.8 Å². The van der Waals surface area contributed by atoms with Crippen LogP contribution in [0.25, 0.3) is 0 Å². The predicted octanol–water partition coefficient (Wildman–Crippen LogP) is 1.49. The molecule has 0 spiro atoms. The number of aliphatic hydroxyl groups is 1. The number of nitrogens with one attached hydrogen (secondary N) is 3. The van der Waals surface area contributed by atoms with Crippen LogP contribution in [0, 0.1) is 0 Å². The first-order valence-electron chi connectivity index (χ1n) is 7.14. The summed E-state index contributed by atoms with van der Waals surface area (Å²) in [6.45, 7) is 1.32. The van der Waals surface area contributed by atoms with Crippen LogP contribution >= 0.6 is 11.3 Å². The topological polar surface area (TPSA) is 108 Å². The molecule has 0 aliphatic rings. The zero-order valence-electron chi connectivity index (χ0n) is 12.9. The van der Waals surface area contributed by atoms with Crippen molar-refractivity contribution in [2.45, 2.75) is 13.0 Å². The van der Waals surface area contributed by atoms with Crippen molar-refractivity contribution in [3.8, 4) is 0 Å². The third kappa shape index (κ3) is 5.18. The van der Waals surface area contributed by atoms with E-state index in [9.17, 15) is 19.5 Å². The fourth-order valence-electron chi connectivity index (χ4n) is 1.92. The minimum Gasteiger partial charge on any atom is -0.386 e. The number of thiophene rings is 1. The van der Waals surface area contributed by atoms with Crippen molar-refractivity contribution in [2.75, 3.05) is 17.2 Å². The number of rotatable bonds is 5. The Hall–Kier alpha value is -2.71. The summed E-state index contributed by atoms with van der Waals surface area (Å²) in [5.74, 6) is -1.94. The second-order valence-electron chi connectivity index (χ2n) is 4.96. The number of anilines is 2. The van der Waals surface area contributed by atoms with E-state index in [1.165, 1.54) is 24.3 Å². The fourth-order valence-corrected chi connectivity index (χ4v) is 2.63. The van der Waals surface area contributed by atoms with Gasteiger partial charge in [0.25, 0.3) is 0 Å². The molecule has 1 atom stereocenters. The third-order valence-corrected chi connectivity index (χ3v) is 3.95. The van der Waals surface area contributed by atoms with Crippen LogP contribution in [0.2, 0.25) is 0 Å². The SMILES string of the molecule is CC(=O)Nc1cccc(NC(=O)C(=O)NCC(O)c2cccs2)c1.